The Morgan fingerprint density at radius 1 is 1.57 bits per heavy atom. The first-order chi connectivity index (χ1) is 6.83. The molecule has 0 aliphatic heterocycles. The number of fused-ring (bicyclic) bond motifs is 1. The molecular weight excluding hydrogens is 176 g/mol. The highest BCUT2D eigenvalue weighted by Crippen LogP contribution is 2.36. The van der Waals surface area contributed by atoms with E-state index < -0.39 is 0 Å². The van der Waals surface area contributed by atoms with Crippen molar-refractivity contribution in [2.45, 2.75) is 18.9 Å². The summed E-state index contributed by atoms with van der Waals surface area (Å²) >= 11 is 0. The molecule has 0 aromatic heterocycles. The number of ether oxygens (including phenoxy) is 1. The van der Waals surface area contributed by atoms with Crippen LogP contribution in [-0.4, -0.2) is 11.7 Å². The zero-order valence-corrected chi connectivity index (χ0v) is 8.07. The molecule has 2 heteroatoms. The highest BCUT2D eigenvalue weighted by atomic mass is 16.5. The fraction of sp³-hybridized carbons (Fsp3) is 0.333. The van der Waals surface area contributed by atoms with Gasteiger partial charge in [-0.2, -0.15) is 0 Å². The molecule has 1 aromatic rings. The molecule has 1 unspecified atom stereocenters. The van der Waals surface area contributed by atoms with Crippen molar-refractivity contribution in [3.8, 4) is 5.75 Å². The van der Waals surface area contributed by atoms with Gasteiger partial charge >= 0.3 is 0 Å². The van der Waals surface area contributed by atoms with E-state index in [0.717, 1.165) is 29.7 Å². The predicted molar refractivity (Wildman–Crippen MR) is 55.4 cm³/mol. The molecule has 0 amide bonds. The summed E-state index contributed by atoms with van der Waals surface area (Å²) in [6.45, 7) is 4.13. The predicted octanol–water partition coefficient (Wildman–Crippen LogP) is 2.23. The van der Waals surface area contributed by atoms with Crippen LogP contribution >= 0.6 is 0 Å². The fourth-order valence-electron chi connectivity index (χ4n) is 1.88. The van der Waals surface area contributed by atoms with E-state index >= 15 is 0 Å². The van der Waals surface area contributed by atoms with E-state index in [1.165, 1.54) is 0 Å². The molecule has 0 saturated heterocycles. The van der Waals surface area contributed by atoms with Crippen molar-refractivity contribution in [2.75, 3.05) is 6.61 Å². The number of benzene rings is 1. The monoisotopic (exact) mass is 190 g/mol. The molecular formula is C12H14O2. The quantitative estimate of drug-likeness (QED) is 0.740. The lowest BCUT2D eigenvalue weighted by atomic mass is 10.1. The van der Waals surface area contributed by atoms with Gasteiger partial charge in [-0.1, -0.05) is 24.8 Å². The van der Waals surface area contributed by atoms with E-state index in [2.05, 4.69) is 6.58 Å². The second-order valence-electron chi connectivity index (χ2n) is 3.48. The van der Waals surface area contributed by atoms with E-state index in [4.69, 9.17) is 4.74 Å². The minimum absolute atomic E-state index is 0.308. The van der Waals surface area contributed by atoms with Crippen LogP contribution in [0.2, 0.25) is 0 Å². The van der Waals surface area contributed by atoms with Crippen molar-refractivity contribution in [3.63, 3.8) is 0 Å². The first kappa shape index (κ1) is 9.28. The number of hydrogen-bond acceptors (Lipinski definition) is 2. The van der Waals surface area contributed by atoms with Gasteiger partial charge in [0.15, 0.2) is 0 Å². The summed E-state index contributed by atoms with van der Waals surface area (Å²) in [5.74, 6) is 0.888. The zero-order valence-electron chi connectivity index (χ0n) is 8.07. The Morgan fingerprint density at radius 2 is 2.43 bits per heavy atom. The van der Waals surface area contributed by atoms with E-state index in [-0.39, 0.29) is 6.10 Å². The second kappa shape index (κ2) is 3.84. The van der Waals surface area contributed by atoms with Crippen LogP contribution < -0.4 is 4.74 Å². The van der Waals surface area contributed by atoms with Gasteiger partial charge in [0.25, 0.3) is 0 Å². The van der Waals surface area contributed by atoms with Crippen LogP contribution in [0.1, 0.15) is 23.7 Å². The van der Waals surface area contributed by atoms with Crippen LogP contribution in [0, 0.1) is 0 Å². The van der Waals surface area contributed by atoms with Crippen LogP contribution in [0.5, 0.6) is 5.75 Å². The van der Waals surface area contributed by atoms with Crippen LogP contribution in [0.15, 0.2) is 30.9 Å². The molecule has 0 spiro atoms. The van der Waals surface area contributed by atoms with Crippen molar-refractivity contribution in [2.24, 2.45) is 0 Å². The Bertz CT molecular complexity index is 344. The topological polar surface area (TPSA) is 29.5 Å². The van der Waals surface area contributed by atoms with Gasteiger partial charge < -0.3 is 9.84 Å². The van der Waals surface area contributed by atoms with Crippen LogP contribution in [0.4, 0.5) is 0 Å². The maximum Gasteiger partial charge on any atom is 0.123 e. The molecule has 1 N–H and O–H groups in total. The lowest BCUT2D eigenvalue weighted by Gasteiger charge is -2.09. The molecule has 0 bridgehead atoms. The average Bonchev–Trinajstić information content (AvgIpc) is 2.58. The highest BCUT2D eigenvalue weighted by molar-refractivity contribution is 5.44. The van der Waals surface area contributed by atoms with Crippen molar-refractivity contribution in [3.05, 3.63) is 42.0 Å². The molecule has 1 atom stereocenters. The largest absolute Gasteiger partial charge is 0.489 e. The van der Waals surface area contributed by atoms with Crippen molar-refractivity contribution >= 4 is 0 Å². The van der Waals surface area contributed by atoms with Crippen LogP contribution in [-0.2, 0) is 6.42 Å². The molecule has 0 radical (unpaired) electrons. The summed E-state index contributed by atoms with van der Waals surface area (Å²) in [6.07, 6.45) is 3.13. The third kappa shape index (κ3) is 1.53. The molecule has 14 heavy (non-hydrogen) atoms. The third-order valence-electron chi connectivity index (χ3n) is 2.55. The molecule has 0 saturated carbocycles. The van der Waals surface area contributed by atoms with E-state index in [1.807, 2.05) is 18.2 Å². The highest BCUT2D eigenvalue weighted by Gasteiger charge is 2.22. The minimum atomic E-state index is -0.308. The molecule has 1 aromatic carbocycles. The van der Waals surface area contributed by atoms with Gasteiger partial charge in [-0.15, -0.1) is 0 Å². The third-order valence-corrected chi connectivity index (χ3v) is 2.55. The Hall–Kier alpha value is -1.28. The van der Waals surface area contributed by atoms with Gasteiger partial charge in [-0.3, -0.25) is 0 Å². The van der Waals surface area contributed by atoms with Crippen LogP contribution in [0.3, 0.4) is 0 Å². The van der Waals surface area contributed by atoms with Gasteiger partial charge in [0, 0.05) is 5.56 Å². The number of rotatable bonds is 3. The Balaban J connectivity index is 2.29. The molecule has 0 heterocycles. The van der Waals surface area contributed by atoms with E-state index in [9.17, 15) is 5.11 Å². The molecule has 74 valence electrons. The average molecular weight is 190 g/mol. The summed E-state index contributed by atoms with van der Waals surface area (Å²) in [5, 5.41) is 9.66. The van der Waals surface area contributed by atoms with Crippen molar-refractivity contribution in [1.82, 2.24) is 0 Å². The Labute approximate surface area is 83.8 Å². The zero-order chi connectivity index (χ0) is 9.97. The van der Waals surface area contributed by atoms with Gasteiger partial charge in [-0.25, -0.2) is 0 Å². The number of aliphatic hydroxyl groups excluding tert-OH is 1. The van der Waals surface area contributed by atoms with Crippen molar-refractivity contribution in [1.29, 1.82) is 0 Å². The summed E-state index contributed by atoms with van der Waals surface area (Å²) in [5.41, 5.74) is 2.17. The smallest absolute Gasteiger partial charge is 0.123 e. The maximum absolute atomic E-state index is 9.66. The SMILES string of the molecule is C=CCOc1cccc2c1CCC2O. The van der Waals surface area contributed by atoms with Gasteiger partial charge in [0.1, 0.15) is 12.4 Å². The first-order valence-corrected chi connectivity index (χ1v) is 4.86. The normalized spacial score (nSPS) is 19.1. The second-order valence-corrected chi connectivity index (χ2v) is 3.48. The lowest BCUT2D eigenvalue weighted by Crippen LogP contribution is -1.97. The number of hydrogen-bond donors (Lipinski definition) is 1. The van der Waals surface area contributed by atoms with E-state index in [0.29, 0.717) is 6.61 Å². The van der Waals surface area contributed by atoms with E-state index in [1.54, 1.807) is 6.08 Å². The first-order valence-electron chi connectivity index (χ1n) is 4.86. The van der Waals surface area contributed by atoms with Crippen LogP contribution in [0.25, 0.3) is 0 Å². The minimum Gasteiger partial charge on any atom is -0.489 e. The lowest BCUT2D eigenvalue weighted by molar-refractivity contribution is 0.180. The summed E-state index contributed by atoms with van der Waals surface area (Å²) in [4.78, 5) is 0. The molecule has 1 aliphatic rings. The molecule has 0 fully saturated rings. The molecule has 2 nitrogen and oxygen atoms in total. The maximum atomic E-state index is 9.66. The molecule has 2 rings (SSSR count). The van der Waals surface area contributed by atoms with Gasteiger partial charge in [-0.05, 0) is 24.5 Å². The van der Waals surface area contributed by atoms with Gasteiger partial charge in [0.05, 0.1) is 6.10 Å². The number of aliphatic hydroxyl groups is 1. The summed E-state index contributed by atoms with van der Waals surface area (Å²) in [7, 11) is 0. The van der Waals surface area contributed by atoms with Crippen molar-refractivity contribution < 1.29 is 9.84 Å². The fourth-order valence-corrected chi connectivity index (χ4v) is 1.88. The van der Waals surface area contributed by atoms with Gasteiger partial charge in [0.2, 0.25) is 0 Å². The summed E-state index contributed by atoms with van der Waals surface area (Å²) in [6, 6.07) is 5.83. The molecule has 1 aliphatic carbocycles. The Kier molecular flexibility index (Phi) is 2.55. The summed E-state index contributed by atoms with van der Waals surface area (Å²) < 4.78 is 5.52. The Morgan fingerprint density at radius 3 is 3.21 bits per heavy atom. The standard InChI is InChI=1S/C12H14O2/c1-2-8-14-12-5-3-4-9-10(12)6-7-11(9)13/h2-5,11,13H,1,6-8H2.